The summed E-state index contributed by atoms with van der Waals surface area (Å²) >= 11 is 0. The Balaban J connectivity index is 2.03. The van der Waals surface area contributed by atoms with Gasteiger partial charge < -0.3 is 20.4 Å². The van der Waals surface area contributed by atoms with E-state index in [1.54, 1.807) is 0 Å². The first-order valence-electron chi connectivity index (χ1n) is 10.0. The predicted molar refractivity (Wildman–Crippen MR) is 106 cm³/mol. The number of hydrogen-bond acceptors (Lipinski definition) is 3. The molecule has 0 bridgehead atoms. The molecule has 0 aromatic carbocycles. The molecule has 0 aromatic heterocycles. The van der Waals surface area contributed by atoms with Crippen molar-refractivity contribution in [2.45, 2.75) is 64.8 Å². The number of nitrogens with zero attached hydrogens (tertiary/aromatic N) is 3. The van der Waals surface area contributed by atoms with E-state index in [-0.39, 0.29) is 0 Å². The van der Waals surface area contributed by atoms with Crippen molar-refractivity contribution < 1.29 is 0 Å². The molecule has 5 nitrogen and oxygen atoms in total. The van der Waals surface area contributed by atoms with E-state index >= 15 is 0 Å². The van der Waals surface area contributed by atoms with Gasteiger partial charge in [-0.2, -0.15) is 0 Å². The molecule has 1 heterocycles. The van der Waals surface area contributed by atoms with Gasteiger partial charge in [-0.15, -0.1) is 0 Å². The van der Waals surface area contributed by atoms with Crippen molar-refractivity contribution in [3.8, 4) is 0 Å². The van der Waals surface area contributed by atoms with Gasteiger partial charge in [-0.05, 0) is 39.8 Å². The molecular weight excluding hydrogens is 298 g/mol. The van der Waals surface area contributed by atoms with Crippen LogP contribution in [0.15, 0.2) is 4.99 Å². The van der Waals surface area contributed by atoms with Gasteiger partial charge in [0.15, 0.2) is 5.96 Å². The minimum atomic E-state index is 0.499. The number of nitrogens with one attached hydrogen (secondary N) is 2. The van der Waals surface area contributed by atoms with Gasteiger partial charge in [-0.25, -0.2) is 0 Å². The SMILES string of the molecule is CCCCCCC(C)NC(=NC)NCCCCN1CCN(C)CC1. The number of hydrogen-bond donors (Lipinski definition) is 2. The molecule has 1 aliphatic rings. The van der Waals surface area contributed by atoms with E-state index < -0.39 is 0 Å². The van der Waals surface area contributed by atoms with Crippen molar-refractivity contribution in [1.82, 2.24) is 20.4 Å². The molecule has 0 aromatic rings. The standard InChI is InChI=1S/C19H41N5/c1-5-6-7-8-11-18(2)22-19(20-3)21-12-9-10-13-24-16-14-23(4)15-17-24/h18H,5-17H2,1-4H3,(H2,20,21,22). The Labute approximate surface area is 150 Å². The van der Waals surface area contributed by atoms with Crippen LogP contribution in [0.3, 0.4) is 0 Å². The Morgan fingerprint density at radius 3 is 2.46 bits per heavy atom. The number of guanidine groups is 1. The molecule has 0 saturated carbocycles. The molecule has 0 radical (unpaired) electrons. The molecule has 1 aliphatic heterocycles. The molecule has 1 fully saturated rings. The molecule has 24 heavy (non-hydrogen) atoms. The van der Waals surface area contributed by atoms with E-state index in [0.717, 1.165) is 12.5 Å². The van der Waals surface area contributed by atoms with E-state index in [4.69, 9.17) is 0 Å². The Hall–Kier alpha value is -0.810. The lowest BCUT2D eigenvalue weighted by atomic mass is 10.1. The third kappa shape index (κ3) is 10.1. The largest absolute Gasteiger partial charge is 0.356 e. The Morgan fingerprint density at radius 2 is 1.79 bits per heavy atom. The average molecular weight is 340 g/mol. The van der Waals surface area contributed by atoms with Gasteiger partial charge in [0.05, 0.1) is 0 Å². The smallest absolute Gasteiger partial charge is 0.191 e. The van der Waals surface area contributed by atoms with Crippen molar-refractivity contribution in [1.29, 1.82) is 0 Å². The van der Waals surface area contributed by atoms with Crippen molar-refractivity contribution in [2.75, 3.05) is 53.4 Å². The highest BCUT2D eigenvalue weighted by Gasteiger charge is 2.12. The molecule has 1 rings (SSSR count). The normalized spacial score (nSPS) is 18.6. The first kappa shape index (κ1) is 21.2. The van der Waals surface area contributed by atoms with Crippen molar-refractivity contribution in [3.05, 3.63) is 0 Å². The van der Waals surface area contributed by atoms with Crippen LogP contribution in [0.25, 0.3) is 0 Å². The molecule has 1 saturated heterocycles. The summed E-state index contributed by atoms with van der Waals surface area (Å²) in [7, 11) is 4.08. The molecule has 0 spiro atoms. The second-order valence-electron chi connectivity index (χ2n) is 7.25. The summed E-state index contributed by atoms with van der Waals surface area (Å²) in [6.45, 7) is 11.6. The fraction of sp³-hybridized carbons (Fsp3) is 0.947. The number of rotatable bonds is 11. The first-order chi connectivity index (χ1) is 11.7. The molecule has 0 aliphatic carbocycles. The monoisotopic (exact) mass is 339 g/mol. The highest BCUT2D eigenvalue weighted by atomic mass is 15.2. The van der Waals surface area contributed by atoms with Crippen LogP contribution < -0.4 is 10.6 Å². The topological polar surface area (TPSA) is 42.9 Å². The fourth-order valence-corrected chi connectivity index (χ4v) is 3.12. The second kappa shape index (κ2) is 13.5. The highest BCUT2D eigenvalue weighted by Crippen LogP contribution is 2.05. The minimum Gasteiger partial charge on any atom is -0.356 e. The van der Waals surface area contributed by atoms with Gasteiger partial charge >= 0.3 is 0 Å². The van der Waals surface area contributed by atoms with Crippen LogP contribution in [0.4, 0.5) is 0 Å². The molecule has 2 N–H and O–H groups in total. The van der Waals surface area contributed by atoms with Gasteiger partial charge in [0.2, 0.25) is 0 Å². The van der Waals surface area contributed by atoms with Crippen LogP contribution in [0.1, 0.15) is 58.8 Å². The molecular formula is C19H41N5. The summed E-state index contributed by atoms with van der Waals surface area (Å²) in [5, 5.41) is 6.97. The fourth-order valence-electron chi connectivity index (χ4n) is 3.12. The summed E-state index contributed by atoms with van der Waals surface area (Å²) in [5.41, 5.74) is 0. The Kier molecular flexibility index (Phi) is 11.9. The maximum absolute atomic E-state index is 4.35. The van der Waals surface area contributed by atoms with E-state index in [9.17, 15) is 0 Å². The lowest BCUT2D eigenvalue weighted by Crippen LogP contribution is -2.45. The summed E-state index contributed by atoms with van der Waals surface area (Å²) in [5.74, 6) is 0.956. The molecule has 1 atom stereocenters. The van der Waals surface area contributed by atoms with Crippen LogP contribution in [0.2, 0.25) is 0 Å². The van der Waals surface area contributed by atoms with Crippen LogP contribution in [0.5, 0.6) is 0 Å². The lowest BCUT2D eigenvalue weighted by molar-refractivity contribution is 0.152. The number of unbranched alkanes of at least 4 members (excludes halogenated alkanes) is 4. The number of aliphatic imine (C=N–C) groups is 1. The predicted octanol–water partition coefficient (Wildman–Crippen LogP) is 2.54. The minimum absolute atomic E-state index is 0.499. The first-order valence-corrected chi connectivity index (χ1v) is 10.0. The Morgan fingerprint density at radius 1 is 1.04 bits per heavy atom. The molecule has 142 valence electrons. The zero-order valence-corrected chi connectivity index (χ0v) is 16.6. The summed E-state index contributed by atoms with van der Waals surface area (Å²) in [6.07, 6.45) is 9.01. The van der Waals surface area contributed by atoms with E-state index in [1.807, 2.05) is 7.05 Å². The van der Waals surface area contributed by atoms with Crippen molar-refractivity contribution >= 4 is 5.96 Å². The van der Waals surface area contributed by atoms with Crippen LogP contribution in [-0.4, -0.2) is 75.2 Å². The average Bonchev–Trinajstić information content (AvgIpc) is 2.59. The van der Waals surface area contributed by atoms with E-state index in [2.05, 4.69) is 46.3 Å². The Bertz CT molecular complexity index is 324. The van der Waals surface area contributed by atoms with Gasteiger partial charge in [0.1, 0.15) is 0 Å². The third-order valence-electron chi connectivity index (χ3n) is 4.89. The maximum atomic E-state index is 4.35. The quantitative estimate of drug-likeness (QED) is 0.345. The van der Waals surface area contributed by atoms with Gasteiger partial charge in [0.25, 0.3) is 0 Å². The maximum Gasteiger partial charge on any atom is 0.191 e. The summed E-state index contributed by atoms with van der Waals surface area (Å²) < 4.78 is 0. The van der Waals surface area contributed by atoms with Gasteiger partial charge in [-0.3, -0.25) is 4.99 Å². The highest BCUT2D eigenvalue weighted by molar-refractivity contribution is 5.79. The number of piperazine rings is 1. The lowest BCUT2D eigenvalue weighted by Gasteiger charge is -2.32. The number of likely N-dealkylation sites (N-methyl/N-ethyl adjacent to an activating group) is 1. The second-order valence-corrected chi connectivity index (χ2v) is 7.25. The van der Waals surface area contributed by atoms with E-state index in [1.165, 1.54) is 77.7 Å². The van der Waals surface area contributed by atoms with Crippen LogP contribution >= 0.6 is 0 Å². The summed E-state index contributed by atoms with van der Waals surface area (Å²) in [6, 6.07) is 0.499. The zero-order chi connectivity index (χ0) is 17.6. The summed E-state index contributed by atoms with van der Waals surface area (Å²) in [4.78, 5) is 9.35. The third-order valence-corrected chi connectivity index (χ3v) is 4.89. The van der Waals surface area contributed by atoms with Crippen molar-refractivity contribution in [2.24, 2.45) is 4.99 Å². The molecule has 5 heteroatoms. The molecule has 1 unspecified atom stereocenters. The van der Waals surface area contributed by atoms with Gasteiger partial charge in [-0.1, -0.05) is 32.6 Å². The molecule has 0 amide bonds. The van der Waals surface area contributed by atoms with Crippen LogP contribution in [-0.2, 0) is 0 Å². The zero-order valence-electron chi connectivity index (χ0n) is 16.6. The van der Waals surface area contributed by atoms with Gasteiger partial charge in [0, 0.05) is 45.8 Å². The van der Waals surface area contributed by atoms with E-state index in [0.29, 0.717) is 6.04 Å². The van der Waals surface area contributed by atoms with Crippen molar-refractivity contribution in [3.63, 3.8) is 0 Å². The van der Waals surface area contributed by atoms with Crippen LogP contribution in [0, 0.1) is 0 Å².